The number of furan rings is 1. The van der Waals surface area contributed by atoms with E-state index in [1.807, 2.05) is 28.7 Å². The van der Waals surface area contributed by atoms with Gasteiger partial charge in [0.05, 0.1) is 11.6 Å². The number of amides is 2. The first kappa shape index (κ1) is 13.6. The Kier molecular flexibility index (Phi) is 3.07. The molecule has 0 aliphatic carbocycles. The Morgan fingerprint density at radius 3 is 2.77 bits per heavy atom. The molecule has 4 heterocycles. The van der Waals surface area contributed by atoms with Crippen molar-refractivity contribution in [3.8, 4) is 0 Å². The smallest absolute Gasteiger partial charge is 0.289 e. The highest BCUT2D eigenvalue weighted by atomic mass is 32.1. The first-order chi connectivity index (χ1) is 10.6. The third-order valence-corrected chi connectivity index (χ3v) is 5.17. The molecular weight excluding hydrogens is 300 g/mol. The van der Waals surface area contributed by atoms with Crippen molar-refractivity contribution in [1.29, 1.82) is 0 Å². The SMILES string of the molecule is Cc1ccc(C(=O)N2C[C@H]3CN(c4ccsc4)C(=O)[C@H]3C2)o1. The third kappa shape index (κ3) is 2.06. The topological polar surface area (TPSA) is 53.8 Å². The van der Waals surface area contributed by atoms with Crippen molar-refractivity contribution in [2.24, 2.45) is 11.8 Å². The second kappa shape index (κ2) is 4.98. The van der Waals surface area contributed by atoms with Crippen LogP contribution in [0.2, 0.25) is 0 Å². The van der Waals surface area contributed by atoms with Crippen molar-refractivity contribution in [2.75, 3.05) is 24.5 Å². The number of anilines is 1. The lowest BCUT2D eigenvalue weighted by molar-refractivity contribution is -0.120. The zero-order valence-corrected chi connectivity index (χ0v) is 13.0. The summed E-state index contributed by atoms with van der Waals surface area (Å²) >= 11 is 1.59. The van der Waals surface area contributed by atoms with E-state index in [4.69, 9.17) is 4.42 Å². The highest BCUT2D eigenvalue weighted by Crippen LogP contribution is 2.36. The normalized spacial score (nSPS) is 24.1. The lowest BCUT2D eigenvalue weighted by atomic mass is 10.0. The molecule has 0 saturated carbocycles. The van der Waals surface area contributed by atoms with Crippen molar-refractivity contribution in [3.63, 3.8) is 0 Å². The van der Waals surface area contributed by atoms with Crippen LogP contribution in [0.5, 0.6) is 0 Å². The van der Waals surface area contributed by atoms with Gasteiger partial charge >= 0.3 is 0 Å². The number of likely N-dealkylation sites (tertiary alicyclic amines) is 1. The quantitative estimate of drug-likeness (QED) is 0.855. The fraction of sp³-hybridized carbons (Fsp3) is 0.375. The predicted molar refractivity (Wildman–Crippen MR) is 83.0 cm³/mol. The average molecular weight is 316 g/mol. The lowest BCUT2D eigenvalue weighted by Crippen LogP contribution is -2.35. The van der Waals surface area contributed by atoms with E-state index in [-0.39, 0.29) is 23.7 Å². The summed E-state index contributed by atoms with van der Waals surface area (Å²) in [5.41, 5.74) is 0.976. The van der Waals surface area contributed by atoms with Crippen LogP contribution in [-0.4, -0.2) is 36.3 Å². The van der Waals surface area contributed by atoms with Crippen molar-refractivity contribution in [3.05, 3.63) is 40.5 Å². The number of carbonyl (C=O) groups is 2. The van der Waals surface area contributed by atoms with Crippen LogP contribution in [0.4, 0.5) is 5.69 Å². The molecule has 2 aromatic rings. The fourth-order valence-electron chi connectivity index (χ4n) is 3.38. The molecule has 0 spiro atoms. The molecule has 0 unspecified atom stereocenters. The van der Waals surface area contributed by atoms with E-state index in [0.29, 0.717) is 25.4 Å². The van der Waals surface area contributed by atoms with Gasteiger partial charge in [0, 0.05) is 30.9 Å². The number of nitrogens with zero attached hydrogens (tertiary/aromatic N) is 2. The summed E-state index contributed by atoms with van der Waals surface area (Å²) in [6.07, 6.45) is 0. The predicted octanol–water partition coefficient (Wildman–Crippen LogP) is 2.38. The van der Waals surface area contributed by atoms with Crippen LogP contribution in [-0.2, 0) is 4.79 Å². The van der Waals surface area contributed by atoms with E-state index in [2.05, 4.69) is 0 Å². The molecule has 0 aromatic carbocycles. The summed E-state index contributed by atoms with van der Waals surface area (Å²) in [6, 6.07) is 5.46. The first-order valence-corrected chi connectivity index (χ1v) is 8.27. The molecule has 0 bridgehead atoms. The Hall–Kier alpha value is -2.08. The highest BCUT2D eigenvalue weighted by molar-refractivity contribution is 7.08. The lowest BCUT2D eigenvalue weighted by Gasteiger charge is -2.20. The number of rotatable bonds is 2. The second-order valence-corrected chi connectivity index (χ2v) is 6.70. The Bertz CT molecular complexity index is 722. The molecule has 2 aromatic heterocycles. The van der Waals surface area contributed by atoms with Crippen LogP contribution in [0.1, 0.15) is 16.3 Å². The summed E-state index contributed by atoms with van der Waals surface area (Å²) < 4.78 is 5.40. The van der Waals surface area contributed by atoms with Crippen molar-refractivity contribution in [2.45, 2.75) is 6.92 Å². The van der Waals surface area contributed by atoms with Crippen LogP contribution in [0.15, 0.2) is 33.4 Å². The van der Waals surface area contributed by atoms with Gasteiger partial charge < -0.3 is 14.2 Å². The number of hydrogen-bond acceptors (Lipinski definition) is 4. The van der Waals surface area contributed by atoms with Crippen molar-refractivity contribution >= 4 is 28.8 Å². The Labute approximate surface area is 132 Å². The van der Waals surface area contributed by atoms with E-state index < -0.39 is 0 Å². The maximum Gasteiger partial charge on any atom is 0.289 e. The summed E-state index contributed by atoms with van der Waals surface area (Å²) in [5.74, 6) is 1.24. The molecule has 2 aliphatic heterocycles. The largest absolute Gasteiger partial charge is 0.456 e. The van der Waals surface area contributed by atoms with Crippen LogP contribution in [0.3, 0.4) is 0 Å². The number of hydrogen-bond donors (Lipinski definition) is 0. The van der Waals surface area contributed by atoms with E-state index in [1.165, 1.54) is 0 Å². The number of aryl methyl sites for hydroxylation is 1. The molecule has 114 valence electrons. The van der Waals surface area contributed by atoms with Gasteiger partial charge in [-0.25, -0.2) is 0 Å². The Balaban J connectivity index is 1.49. The van der Waals surface area contributed by atoms with E-state index in [0.717, 1.165) is 11.4 Å². The molecule has 22 heavy (non-hydrogen) atoms. The molecule has 2 aliphatic rings. The average Bonchev–Trinajstić information content (AvgIpc) is 3.24. The van der Waals surface area contributed by atoms with Gasteiger partial charge in [0.1, 0.15) is 5.76 Å². The molecule has 4 rings (SSSR count). The number of fused-ring (bicyclic) bond motifs is 1. The number of carbonyl (C=O) groups excluding carboxylic acids is 2. The minimum absolute atomic E-state index is 0.0834. The second-order valence-electron chi connectivity index (χ2n) is 5.92. The van der Waals surface area contributed by atoms with E-state index in [1.54, 1.807) is 28.4 Å². The van der Waals surface area contributed by atoms with E-state index in [9.17, 15) is 9.59 Å². The van der Waals surface area contributed by atoms with Gasteiger partial charge in [-0.2, -0.15) is 11.3 Å². The zero-order chi connectivity index (χ0) is 15.3. The molecule has 2 amide bonds. The van der Waals surface area contributed by atoms with Crippen molar-refractivity contribution < 1.29 is 14.0 Å². The minimum Gasteiger partial charge on any atom is -0.456 e. The van der Waals surface area contributed by atoms with Gasteiger partial charge in [-0.1, -0.05) is 0 Å². The fourth-order valence-corrected chi connectivity index (χ4v) is 4.02. The van der Waals surface area contributed by atoms with Crippen LogP contribution in [0, 0.1) is 18.8 Å². The number of thiophene rings is 1. The maximum atomic E-state index is 12.6. The van der Waals surface area contributed by atoms with Crippen LogP contribution >= 0.6 is 11.3 Å². The maximum absolute atomic E-state index is 12.6. The highest BCUT2D eigenvalue weighted by Gasteiger charge is 2.48. The Morgan fingerprint density at radius 1 is 1.27 bits per heavy atom. The molecular formula is C16H16N2O3S. The zero-order valence-electron chi connectivity index (χ0n) is 12.2. The third-order valence-electron chi connectivity index (χ3n) is 4.50. The van der Waals surface area contributed by atoms with E-state index >= 15 is 0 Å². The van der Waals surface area contributed by atoms with Gasteiger partial charge in [-0.15, -0.1) is 0 Å². The summed E-state index contributed by atoms with van der Waals surface area (Å²) in [7, 11) is 0. The molecule has 0 radical (unpaired) electrons. The van der Waals surface area contributed by atoms with Crippen LogP contribution in [0.25, 0.3) is 0 Å². The van der Waals surface area contributed by atoms with Gasteiger partial charge in [0.25, 0.3) is 5.91 Å². The van der Waals surface area contributed by atoms with Gasteiger partial charge in [0.15, 0.2) is 5.76 Å². The summed E-state index contributed by atoms with van der Waals surface area (Å²) in [6.45, 7) is 3.62. The first-order valence-electron chi connectivity index (χ1n) is 7.33. The van der Waals surface area contributed by atoms with Crippen LogP contribution < -0.4 is 4.90 Å². The molecule has 2 atom stereocenters. The molecule has 5 nitrogen and oxygen atoms in total. The molecule has 2 saturated heterocycles. The Morgan fingerprint density at radius 2 is 2.14 bits per heavy atom. The van der Waals surface area contributed by atoms with Gasteiger partial charge in [-0.3, -0.25) is 9.59 Å². The summed E-state index contributed by atoms with van der Waals surface area (Å²) in [5, 5.41) is 3.97. The van der Waals surface area contributed by atoms with Crippen molar-refractivity contribution in [1.82, 2.24) is 4.90 Å². The monoisotopic (exact) mass is 316 g/mol. The van der Waals surface area contributed by atoms with Gasteiger partial charge in [-0.05, 0) is 30.5 Å². The standard InChI is InChI=1S/C16H16N2O3S/c1-10-2-3-14(21-10)16(20)17-6-11-7-18(12-4-5-22-9-12)15(19)13(11)8-17/h2-5,9,11,13H,6-8H2,1H3/t11-,13-/m0/s1. The minimum atomic E-state index is -0.114. The summed E-state index contributed by atoms with van der Waals surface area (Å²) in [4.78, 5) is 28.6. The molecule has 6 heteroatoms. The van der Waals surface area contributed by atoms with Gasteiger partial charge in [0.2, 0.25) is 5.91 Å². The molecule has 0 N–H and O–H groups in total. The molecule has 2 fully saturated rings.